The van der Waals surface area contributed by atoms with Crippen molar-refractivity contribution in [3.8, 4) is 0 Å². The number of thioether (sulfide) groups is 1. The first-order chi connectivity index (χ1) is 11.1. The maximum atomic E-state index is 13.4. The summed E-state index contributed by atoms with van der Waals surface area (Å²) in [7, 11) is 0. The molecule has 2 N–H and O–H groups in total. The second-order valence-corrected chi connectivity index (χ2v) is 5.94. The zero-order valence-corrected chi connectivity index (χ0v) is 13.5. The molecule has 120 valence electrons. The van der Waals surface area contributed by atoms with Gasteiger partial charge in [0, 0.05) is 4.90 Å². The lowest BCUT2D eigenvalue weighted by atomic mass is 10.1. The number of aryl methyl sites for hydroxylation is 1. The summed E-state index contributed by atoms with van der Waals surface area (Å²) in [6.45, 7) is 1.92. The van der Waals surface area contributed by atoms with Gasteiger partial charge in [0.15, 0.2) is 0 Å². The van der Waals surface area contributed by atoms with Crippen molar-refractivity contribution in [1.29, 1.82) is 0 Å². The number of carbonyl (C=O) groups excluding carboxylic acids is 2. The molecule has 0 radical (unpaired) electrons. The van der Waals surface area contributed by atoms with Gasteiger partial charge >= 0.3 is 0 Å². The number of halogens is 1. The van der Waals surface area contributed by atoms with Gasteiger partial charge in [-0.3, -0.25) is 20.4 Å². The standard InChI is InChI=1S/C17H17FN2O2S/c1-12-6-2-3-7-13(12)10-16(21)19-20-17(22)11-23-15-9-5-4-8-14(15)18/h2-9H,10-11H2,1H3,(H,19,21)(H,20,22). The molecule has 0 saturated carbocycles. The molecule has 0 atom stereocenters. The van der Waals surface area contributed by atoms with Crippen molar-refractivity contribution < 1.29 is 14.0 Å². The molecular weight excluding hydrogens is 315 g/mol. The average Bonchev–Trinajstić information content (AvgIpc) is 2.54. The summed E-state index contributed by atoms with van der Waals surface area (Å²) >= 11 is 1.07. The molecule has 0 aliphatic carbocycles. The first-order valence-electron chi connectivity index (χ1n) is 7.06. The molecular formula is C17H17FN2O2S. The number of nitrogens with one attached hydrogen (secondary N) is 2. The van der Waals surface area contributed by atoms with Crippen molar-refractivity contribution in [3.05, 3.63) is 65.5 Å². The van der Waals surface area contributed by atoms with Gasteiger partial charge in [0.05, 0.1) is 12.2 Å². The van der Waals surface area contributed by atoms with Gasteiger partial charge < -0.3 is 0 Å². The van der Waals surface area contributed by atoms with Crippen LogP contribution in [0.25, 0.3) is 0 Å². The van der Waals surface area contributed by atoms with Crippen molar-refractivity contribution in [2.24, 2.45) is 0 Å². The normalized spacial score (nSPS) is 10.2. The van der Waals surface area contributed by atoms with E-state index < -0.39 is 5.91 Å². The fraction of sp³-hybridized carbons (Fsp3) is 0.176. The predicted octanol–water partition coefficient (Wildman–Crippen LogP) is 2.62. The van der Waals surface area contributed by atoms with Crippen molar-refractivity contribution in [1.82, 2.24) is 10.9 Å². The molecule has 0 aliphatic heterocycles. The van der Waals surface area contributed by atoms with Crippen LogP contribution in [-0.2, 0) is 16.0 Å². The Hall–Kier alpha value is -2.34. The third-order valence-corrected chi connectivity index (χ3v) is 4.20. The van der Waals surface area contributed by atoms with Crippen LogP contribution in [0.2, 0.25) is 0 Å². The molecule has 0 saturated heterocycles. The smallest absolute Gasteiger partial charge is 0.248 e. The summed E-state index contributed by atoms with van der Waals surface area (Å²) in [6.07, 6.45) is 0.188. The molecule has 0 fully saturated rings. The second-order valence-electron chi connectivity index (χ2n) is 4.92. The summed E-state index contributed by atoms with van der Waals surface area (Å²) in [5.41, 5.74) is 6.61. The minimum Gasteiger partial charge on any atom is -0.273 e. The van der Waals surface area contributed by atoms with Crippen LogP contribution in [0, 0.1) is 12.7 Å². The van der Waals surface area contributed by atoms with E-state index in [0.29, 0.717) is 4.90 Å². The van der Waals surface area contributed by atoms with Crippen LogP contribution in [-0.4, -0.2) is 17.6 Å². The van der Waals surface area contributed by atoms with Crippen LogP contribution in [0.15, 0.2) is 53.4 Å². The zero-order chi connectivity index (χ0) is 16.7. The van der Waals surface area contributed by atoms with Gasteiger partial charge in [-0.25, -0.2) is 4.39 Å². The highest BCUT2D eigenvalue weighted by atomic mass is 32.2. The number of hydrogen-bond acceptors (Lipinski definition) is 3. The Morgan fingerprint density at radius 1 is 1.00 bits per heavy atom. The van der Waals surface area contributed by atoms with Gasteiger partial charge in [-0.1, -0.05) is 36.4 Å². The summed E-state index contributed by atoms with van der Waals surface area (Å²) in [5.74, 6) is -1.04. The molecule has 2 amide bonds. The Morgan fingerprint density at radius 2 is 1.65 bits per heavy atom. The Balaban J connectivity index is 1.75. The van der Waals surface area contributed by atoms with Crippen LogP contribution in [0.3, 0.4) is 0 Å². The molecule has 0 aliphatic rings. The van der Waals surface area contributed by atoms with E-state index in [4.69, 9.17) is 0 Å². The van der Waals surface area contributed by atoms with Gasteiger partial charge in [0.1, 0.15) is 5.82 Å². The van der Waals surface area contributed by atoms with E-state index in [1.54, 1.807) is 18.2 Å². The molecule has 0 aromatic heterocycles. The van der Waals surface area contributed by atoms with Gasteiger partial charge in [-0.05, 0) is 30.2 Å². The summed E-state index contributed by atoms with van der Waals surface area (Å²) in [5, 5.41) is 0. The Kier molecular flexibility index (Phi) is 6.17. The minimum atomic E-state index is -0.392. The van der Waals surface area contributed by atoms with Crippen molar-refractivity contribution in [3.63, 3.8) is 0 Å². The van der Waals surface area contributed by atoms with Crippen molar-refractivity contribution in [2.45, 2.75) is 18.2 Å². The summed E-state index contributed by atoms with van der Waals surface area (Å²) < 4.78 is 13.4. The highest BCUT2D eigenvalue weighted by Gasteiger charge is 2.09. The maximum Gasteiger partial charge on any atom is 0.248 e. The molecule has 0 bridgehead atoms. The quantitative estimate of drug-likeness (QED) is 0.654. The van der Waals surface area contributed by atoms with Crippen LogP contribution in [0.5, 0.6) is 0 Å². The Bertz CT molecular complexity index is 706. The van der Waals surface area contributed by atoms with Crippen LogP contribution in [0.4, 0.5) is 4.39 Å². The lowest BCUT2D eigenvalue weighted by Gasteiger charge is -2.09. The molecule has 6 heteroatoms. The van der Waals surface area contributed by atoms with E-state index in [2.05, 4.69) is 10.9 Å². The number of hydrazine groups is 1. The molecule has 0 heterocycles. The van der Waals surface area contributed by atoms with Gasteiger partial charge in [0.25, 0.3) is 0 Å². The molecule has 0 spiro atoms. The fourth-order valence-corrected chi connectivity index (χ4v) is 2.65. The van der Waals surface area contributed by atoms with Crippen LogP contribution < -0.4 is 10.9 Å². The number of amides is 2. The molecule has 4 nitrogen and oxygen atoms in total. The molecule has 2 aromatic carbocycles. The lowest BCUT2D eigenvalue weighted by molar-refractivity contribution is -0.127. The summed E-state index contributed by atoms with van der Waals surface area (Å²) in [6, 6.07) is 13.8. The van der Waals surface area contributed by atoms with E-state index in [-0.39, 0.29) is 23.9 Å². The molecule has 2 rings (SSSR count). The van der Waals surface area contributed by atoms with E-state index in [0.717, 1.165) is 22.9 Å². The lowest BCUT2D eigenvalue weighted by Crippen LogP contribution is -2.43. The number of benzene rings is 2. The average molecular weight is 332 g/mol. The SMILES string of the molecule is Cc1ccccc1CC(=O)NNC(=O)CSc1ccccc1F. The first-order valence-corrected chi connectivity index (χ1v) is 8.04. The van der Waals surface area contributed by atoms with Crippen molar-refractivity contribution in [2.75, 3.05) is 5.75 Å². The Labute approximate surface area is 138 Å². The number of hydrogen-bond donors (Lipinski definition) is 2. The number of rotatable bonds is 5. The highest BCUT2D eigenvalue weighted by Crippen LogP contribution is 2.20. The minimum absolute atomic E-state index is 0.0194. The van der Waals surface area contributed by atoms with Crippen molar-refractivity contribution >= 4 is 23.6 Å². The summed E-state index contributed by atoms with van der Waals surface area (Å²) in [4.78, 5) is 23.9. The van der Waals surface area contributed by atoms with E-state index >= 15 is 0 Å². The van der Waals surface area contributed by atoms with Gasteiger partial charge in [0.2, 0.25) is 11.8 Å². The van der Waals surface area contributed by atoms with E-state index in [9.17, 15) is 14.0 Å². The third-order valence-electron chi connectivity index (χ3n) is 3.15. The molecule has 23 heavy (non-hydrogen) atoms. The maximum absolute atomic E-state index is 13.4. The topological polar surface area (TPSA) is 58.2 Å². The monoisotopic (exact) mass is 332 g/mol. The largest absolute Gasteiger partial charge is 0.273 e. The predicted molar refractivity (Wildman–Crippen MR) is 88.3 cm³/mol. The van der Waals surface area contributed by atoms with Crippen LogP contribution >= 0.6 is 11.8 Å². The van der Waals surface area contributed by atoms with Gasteiger partial charge in [-0.15, -0.1) is 11.8 Å². The van der Waals surface area contributed by atoms with Crippen LogP contribution in [0.1, 0.15) is 11.1 Å². The zero-order valence-electron chi connectivity index (χ0n) is 12.6. The highest BCUT2D eigenvalue weighted by molar-refractivity contribution is 8.00. The molecule has 2 aromatic rings. The van der Waals surface area contributed by atoms with E-state index in [1.165, 1.54) is 6.07 Å². The second kappa shape index (κ2) is 8.33. The van der Waals surface area contributed by atoms with E-state index in [1.807, 2.05) is 31.2 Å². The van der Waals surface area contributed by atoms with Gasteiger partial charge in [-0.2, -0.15) is 0 Å². The third kappa shape index (κ3) is 5.41. The number of carbonyl (C=O) groups is 2. The fourth-order valence-electron chi connectivity index (χ4n) is 1.91. The molecule has 0 unspecified atom stereocenters. The Morgan fingerprint density at radius 3 is 2.39 bits per heavy atom. The first kappa shape index (κ1) is 17.0.